The number of hydrogen-bond donors (Lipinski definition) is 2. The summed E-state index contributed by atoms with van der Waals surface area (Å²) in [6, 6.07) is 10.9. The summed E-state index contributed by atoms with van der Waals surface area (Å²) in [5.41, 5.74) is 3.97. The highest BCUT2D eigenvalue weighted by atomic mass is 32.1. The van der Waals surface area contributed by atoms with Crippen LogP contribution in [0.25, 0.3) is 10.4 Å². The Morgan fingerprint density at radius 3 is 2.39 bits per heavy atom. The van der Waals surface area contributed by atoms with E-state index in [-0.39, 0.29) is 34.6 Å². The summed E-state index contributed by atoms with van der Waals surface area (Å²) in [5.74, 6) is 1.99. The molecule has 2 bridgehead atoms. The maximum absolute atomic E-state index is 14.5. The molecular formula is C37H46N4O4S. The Hall–Kier alpha value is -3.30. The third-order valence-electron chi connectivity index (χ3n) is 11.5. The normalized spacial score (nSPS) is 27.3. The van der Waals surface area contributed by atoms with Crippen molar-refractivity contribution in [1.29, 1.82) is 0 Å². The van der Waals surface area contributed by atoms with Crippen molar-refractivity contribution in [3.8, 4) is 16.2 Å². The number of aromatic nitrogens is 2. The van der Waals surface area contributed by atoms with Crippen LogP contribution in [-0.2, 0) is 15.0 Å². The highest BCUT2D eigenvalue weighted by Crippen LogP contribution is 2.58. The van der Waals surface area contributed by atoms with Gasteiger partial charge in [0, 0.05) is 36.8 Å². The molecule has 5 fully saturated rings. The molecule has 3 aromatic rings. The number of thiazole rings is 1. The average Bonchev–Trinajstić information content (AvgIpc) is 3.83. The van der Waals surface area contributed by atoms with E-state index in [4.69, 9.17) is 14.7 Å². The number of nitrogens with zero attached hydrogens (tertiary/aromatic N) is 3. The second kappa shape index (κ2) is 12.7. The average molecular weight is 643 g/mol. The zero-order chi connectivity index (χ0) is 31.9. The molecule has 0 unspecified atom stereocenters. The fourth-order valence-electron chi connectivity index (χ4n) is 8.39. The number of aliphatic hydroxyl groups excluding tert-OH is 1. The standard InChI is InChI=1S/C37H46N4O4S/c1-24-19-28(7-10-30(24)45-2)37-15-12-36(13-16-37,14-17-37)23-41(35(44)26-5-8-29(9-6-26)40-33(43)22-42)32-20-27(11-18-38-32)31-21-39-34(46-31)25-3-4-25/h7,10-11,18-21,25-26,29,42H,3-6,8-9,12-17,22-23H2,1-2H3,(H,40,43)/t26-,29-,36?,37?. The number of fused-ring (bicyclic) bond motifs is 3. The van der Waals surface area contributed by atoms with Gasteiger partial charge in [-0.15, -0.1) is 11.3 Å². The van der Waals surface area contributed by atoms with Crippen molar-refractivity contribution in [3.05, 3.63) is 58.9 Å². The molecule has 2 heterocycles. The molecule has 0 atom stereocenters. The van der Waals surface area contributed by atoms with Gasteiger partial charge in [0.25, 0.3) is 0 Å². The molecule has 244 valence electrons. The van der Waals surface area contributed by atoms with Crippen LogP contribution in [0.4, 0.5) is 5.82 Å². The minimum atomic E-state index is -0.502. The van der Waals surface area contributed by atoms with Crippen molar-refractivity contribution in [1.82, 2.24) is 15.3 Å². The Bertz CT molecular complexity index is 1570. The number of nitrogens with one attached hydrogen (secondary N) is 1. The minimum Gasteiger partial charge on any atom is -0.496 e. The van der Waals surface area contributed by atoms with Crippen LogP contribution >= 0.6 is 11.3 Å². The summed E-state index contributed by atoms with van der Waals surface area (Å²) in [7, 11) is 1.73. The zero-order valence-corrected chi connectivity index (χ0v) is 27.9. The van der Waals surface area contributed by atoms with Gasteiger partial charge in [-0.05, 0) is 130 Å². The van der Waals surface area contributed by atoms with Gasteiger partial charge in [0.1, 0.15) is 18.2 Å². The smallest absolute Gasteiger partial charge is 0.245 e. The summed E-state index contributed by atoms with van der Waals surface area (Å²) in [6.07, 6.45) is 15.9. The summed E-state index contributed by atoms with van der Waals surface area (Å²) in [6.45, 7) is 2.32. The van der Waals surface area contributed by atoms with Crippen LogP contribution in [0.1, 0.15) is 99.1 Å². The predicted octanol–water partition coefficient (Wildman–Crippen LogP) is 6.69. The highest BCUT2D eigenvalue weighted by Gasteiger charge is 2.51. The van der Waals surface area contributed by atoms with Crippen LogP contribution in [0.2, 0.25) is 0 Å². The molecule has 5 aliphatic rings. The largest absolute Gasteiger partial charge is 0.496 e. The van der Waals surface area contributed by atoms with Crippen molar-refractivity contribution in [2.24, 2.45) is 11.3 Å². The molecule has 2 amide bonds. The highest BCUT2D eigenvalue weighted by molar-refractivity contribution is 7.15. The van der Waals surface area contributed by atoms with E-state index in [2.05, 4.69) is 36.5 Å². The Balaban J connectivity index is 1.12. The minimum absolute atomic E-state index is 0.00981. The lowest BCUT2D eigenvalue weighted by Gasteiger charge is -2.55. The first-order valence-electron chi connectivity index (χ1n) is 17.1. The third kappa shape index (κ3) is 6.20. The first kappa shape index (κ1) is 31.3. The number of anilines is 1. The van der Waals surface area contributed by atoms with E-state index >= 15 is 0 Å². The zero-order valence-electron chi connectivity index (χ0n) is 27.1. The molecule has 8 nitrogen and oxygen atoms in total. The second-order valence-electron chi connectivity index (χ2n) is 14.4. The number of ether oxygens (including phenoxy) is 1. The summed E-state index contributed by atoms with van der Waals surface area (Å²) in [4.78, 5) is 39.0. The monoisotopic (exact) mass is 642 g/mol. The van der Waals surface area contributed by atoms with Gasteiger partial charge in [0.2, 0.25) is 11.8 Å². The number of amides is 2. The Morgan fingerprint density at radius 1 is 1.00 bits per heavy atom. The molecule has 0 spiro atoms. The first-order chi connectivity index (χ1) is 22.3. The number of pyridine rings is 1. The number of aryl methyl sites for hydroxylation is 1. The molecular weight excluding hydrogens is 596 g/mol. The molecule has 0 radical (unpaired) electrons. The molecule has 8 rings (SSSR count). The van der Waals surface area contributed by atoms with Gasteiger partial charge in [0.05, 0.1) is 17.0 Å². The van der Waals surface area contributed by atoms with Gasteiger partial charge in [-0.3, -0.25) is 14.5 Å². The van der Waals surface area contributed by atoms with Crippen molar-refractivity contribution in [2.45, 2.75) is 101 Å². The van der Waals surface area contributed by atoms with Crippen LogP contribution in [0.3, 0.4) is 0 Å². The number of methoxy groups -OCH3 is 1. The quantitative estimate of drug-likeness (QED) is 0.255. The number of aliphatic hydroxyl groups is 1. The van der Waals surface area contributed by atoms with Gasteiger partial charge < -0.3 is 15.2 Å². The van der Waals surface area contributed by atoms with E-state index in [9.17, 15) is 14.7 Å². The predicted molar refractivity (Wildman–Crippen MR) is 180 cm³/mol. The van der Waals surface area contributed by atoms with Crippen LogP contribution in [-0.4, -0.2) is 53.2 Å². The lowest BCUT2D eigenvalue weighted by atomic mass is 9.51. The van der Waals surface area contributed by atoms with Crippen LogP contribution in [0.5, 0.6) is 5.75 Å². The SMILES string of the molecule is COc1ccc(C23CCC(CN(c4cc(-c5cnc(C6CC6)s5)ccn4)C(=O)[C@H]4CC[C@H](NC(=O)CO)CC4)(CC2)CC3)cc1C. The van der Waals surface area contributed by atoms with Crippen LogP contribution in [0, 0.1) is 18.3 Å². The lowest BCUT2D eigenvalue weighted by molar-refractivity contribution is -0.125. The molecule has 46 heavy (non-hydrogen) atoms. The van der Waals surface area contributed by atoms with Gasteiger partial charge in [-0.1, -0.05) is 12.1 Å². The van der Waals surface area contributed by atoms with Crippen molar-refractivity contribution in [2.75, 3.05) is 25.2 Å². The van der Waals surface area contributed by atoms with E-state index in [0.29, 0.717) is 12.5 Å². The Labute approximate surface area is 276 Å². The maximum Gasteiger partial charge on any atom is 0.245 e. The van der Waals surface area contributed by atoms with Crippen molar-refractivity contribution in [3.63, 3.8) is 0 Å². The van der Waals surface area contributed by atoms with Crippen molar-refractivity contribution >= 4 is 29.0 Å². The topological polar surface area (TPSA) is 105 Å². The van der Waals surface area contributed by atoms with E-state index in [1.165, 1.54) is 29.0 Å². The Kier molecular flexibility index (Phi) is 8.66. The van der Waals surface area contributed by atoms with Gasteiger partial charge in [-0.25, -0.2) is 9.97 Å². The number of rotatable bonds is 10. The molecule has 1 aromatic carbocycles. The third-order valence-corrected chi connectivity index (χ3v) is 12.7. The first-order valence-corrected chi connectivity index (χ1v) is 17.9. The fraction of sp³-hybridized carbons (Fsp3) is 0.568. The van der Waals surface area contributed by atoms with Gasteiger partial charge in [0.15, 0.2) is 0 Å². The molecule has 9 heteroatoms. The summed E-state index contributed by atoms with van der Waals surface area (Å²) >= 11 is 1.76. The van der Waals surface area contributed by atoms with Gasteiger partial charge in [-0.2, -0.15) is 0 Å². The maximum atomic E-state index is 14.5. The fourth-order valence-corrected chi connectivity index (χ4v) is 9.47. The lowest BCUT2D eigenvalue weighted by Crippen LogP contribution is -2.52. The molecule has 2 aromatic heterocycles. The van der Waals surface area contributed by atoms with E-state index in [1.54, 1.807) is 18.4 Å². The summed E-state index contributed by atoms with van der Waals surface area (Å²) < 4.78 is 5.54. The molecule has 0 saturated heterocycles. The van der Waals surface area contributed by atoms with Crippen molar-refractivity contribution < 1.29 is 19.4 Å². The molecule has 5 aliphatic carbocycles. The van der Waals surface area contributed by atoms with Crippen LogP contribution in [0.15, 0.2) is 42.7 Å². The van der Waals surface area contributed by atoms with Crippen LogP contribution < -0.4 is 15.0 Å². The second-order valence-corrected chi connectivity index (χ2v) is 15.5. The molecule has 0 aliphatic heterocycles. The molecule has 2 N–H and O–H groups in total. The number of carbonyl (C=O) groups excluding carboxylic acids is 2. The summed E-state index contributed by atoms with van der Waals surface area (Å²) in [5, 5.41) is 13.3. The number of hydrogen-bond acceptors (Lipinski definition) is 7. The molecule has 5 saturated carbocycles. The number of carbonyl (C=O) groups is 2. The van der Waals surface area contributed by atoms with E-state index < -0.39 is 6.61 Å². The number of benzene rings is 1. The van der Waals surface area contributed by atoms with E-state index in [0.717, 1.165) is 86.2 Å². The van der Waals surface area contributed by atoms with Gasteiger partial charge >= 0.3 is 0 Å². The Morgan fingerprint density at radius 2 is 1.74 bits per heavy atom. The van der Waals surface area contributed by atoms with E-state index in [1.807, 2.05) is 23.4 Å².